The van der Waals surface area contributed by atoms with Gasteiger partial charge >= 0.3 is 0 Å². The first kappa shape index (κ1) is 23.2. The molecular weight excluding hydrogens is 484 g/mol. The highest BCUT2D eigenvalue weighted by molar-refractivity contribution is 7.80. The third kappa shape index (κ3) is 5.33. The second-order valence-corrected chi connectivity index (χ2v) is 8.70. The predicted octanol–water partition coefficient (Wildman–Crippen LogP) is 5.66. The zero-order chi connectivity index (χ0) is 23.5. The average molecular weight is 502 g/mol. The maximum Gasteiger partial charge on any atom is 0.256 e. The Kier molecular flexibility index (Phi) is 6.93. The molecular formula is C24H18Cl2FN3O2S. The Morgan fingerprint density at radius 3 is 2.12 bits per heavy atom. The van der Waals surface area contributed by atoms with E-state index >= 15 is 0 Å². The van der Waals surface area contributed by atoms with E-state index in [1.54, 1.807) is 65.6 Å². The number of rotatable bonds is 6. The molecule has 1 atom stereocenters. The van der Waals surface area contributed by atoms with E-state index in [4.69, 9.17) is 35.4 Å². The van der Waals surface area contributed by atoms with Crippen LogP contribution in [-0.2, 0) is 16.1 Å². The van der Waals surface area contributed by atoms with E-state index in [1.807, 2.05) is 0 Å². The number of hydrogen-bond acceptors (Lipinski definition) is 3. The van der Waals surface area contributed by atoms with Crippen molar-refractivity contribution >= 4 is 63.7 Å². The fraction of sp³-hybridized carbons (Fsp3) is 0.125. The molecule has 1 saturated heterocycles. The number of carbonyl (C=O) groups is 2. The van der Waals surface area contributed by atoms with Crippen LogP contribution in [-0.4, -0.2) is 27.9 Å². The van der Waals surface area contributed by atoms with Crippen LogP contribution in [0.4, 0.5) is 15.8 Å². The molecule has 1 aliphatic heterocycles. The van der Waals surface area contributed by atoms with Crippen LogP contribution in [0.15, 0.2) is 72.8 Å². The average Bonchev–Trinajstić information content (AvgIpc) is 3.01. The largest absolute Gasteiger partial charge is 0.332 e. The van der Waals surface area contributed by atoms with Crippen LogP contribution in [0.1, 0.15) is 12.0 Å². The lowest BCUT2D eigenvalue weighted by Crippen LogP contribution is -2.37. The summed E-state index contributed by atoms with van der Waals surface area (Å²) in [5.74, 6) is -1.03. The molecule has 1 unspecified atom stereocenters. The lowest BCUT2D eigenvalue weighted by molar-refractivity contribution is -0.124. The van der Waals surface area contributed by atoms with Crippen molar-refractivity contribution in [2.45, 2.75) is 19.0 Å². The summed E-state index contributed by atoms with van der Waals surface area (Å²) in [5.41, 5.74) is 1.88. The van der Waals surface area contributed by atoms with Gasteiger partial charge in [-0.3, -0.25) is 14.5 Å². The molecule has 168 valence electrons. The minimum absolute atomic E-state index is 0.118. The maximum atomic E-state index is 13.4. The number of nitrogens with zero attached hydrogens (tertiary/aromatic N) is 2. The minimum atomic E-state index is -0.828. The lowest BCUT2D eigenvalue weighted by Gasteiger charge is -2.24. The normalized spacial score (nSPS) is 15.8. The van der Waals surface area contributed by atoms with Gasteiger partial charge in [-0.05, 0) is 78.4 Å². The number of amides is 2. The molecule has 0 bridgehead atoms. The molecule has 9 heteroatoms. The zero-order valence-electron chi connectivity index (χ0n) is 17.2. The fourth-order valence-corrected chi connectivity index (χ4v) is 4.19. The summed E-state index contributed by atoms with van der Waals surface area (Å²) in [6.45, 7) is 0.244. The van der Waals surface area contributed by atoms with E-state index in [0.717, 1.165) is 5.56 Å². The SMILES string of the molecule is O=C(CC1C(=O)N(c2ccc(Cl)cc2)C(=S)N1Cc1ccc(F)cc1)Nc1ccc(Cl)cc1. The number of benzene rings is 3. The van der Waals surface area contributed by atoms with Crippen LogP contribution < -0.4 is 10.2 Å². The van der Waals surface area contributed by atoms with E-state index < -0.39 is 6.04 Å². The number of anilines is 2. The van der Waals surface area contributed by atoms with Gasteiger partial charge < -0.3 is 10.2 Å². The highest BCUT2D eigenvalue weighted by Crippen LogP contribution is 2.30. The number of hydrogen-bond donors (Lipinski definition) is 1. The second kappa shape index (κ2) is 9.87. The quantitative estimate of drug-likeness (QED) is 0.442. The molecule has 2 amide bonds. The summed E-state index contributed by atoms with van der Waals surface area (Å²) >= 11 is 17.5. The number of carbonyl (C=O) groups excluding carboxylic acids is 2. The Hall–Kier alpha value is -3.00. The molecule has 1 heterocycles. The molecule has 1 N–H and O–H groups in total. The van der Waals surface area contributed by atoms with Gasteiger partial charge in [-0.25, -0.2) is 4.39 Å². The van der Waals surface area contributed by atoms with Gasteiger partial charge in [-0.2, -0.15) is 0 Å². The van der Waals surface area contributed by atoms with E-state index in [1.165, 1.54) is 17.0 Å². The molecule has 0 saturated carbocycles. The molecule has 1 aliphatic rings. The molecule has 1 fully saturated rings. The fourth-order valence-electron chi connectivity index (χ4n) is 3.55. The van der Waals surface area contributed by atoms with Gasteiger partial charge in [0.25, 0.3) is 5.91 Å². The third-order valence-electron chi connectivity index (χ3n) is 5.18. The number of thiocarbonyl (C=S) groups is 1. The standard InChI is InChI=1S/C24H18Cl2FN3O2S/c25-16-3-9-19(10-4-16)28-22(31)13-21-23(32)30(20-11-5-17(26)6-12-20)24(33)29(21)14-15-1-7-18(27)8-2-15/h1-12,21H,13-14H2,(H,28,31). The Morgan fingerprint density at radius 1 is 0.939 bits per heavy atom. The van der Waals surface area contributed by atoms with Gasteiger partial charge in [0.05, 0.1) is 12.1 Å². The van der Waals surface area contributed by atoms with Crippen molar-refractivity contribution in [3.63, 3.8) is 0 Å². The van der Waals surface area contributed by atoms with Crippen molar-refractivity contribution in [2.24, 2.45) is 0 Å². The number of nitrogens with one attached hydrogen (secondary N) is 1. The monoisotopic (exact) mass is 501 g/mol. The molecule has 5 nitrogen and oxygen atoms in total. The highest BCUT2D eigenvalue weighted by Gasteiger charge is 2.44. The lowest BCUT2D eigenvalue weighted by atomic mass is 10.1. The summed E-state index contributed by atoms with van der Waals surface area (Å²) in [7, 11) is 0. The minimum Gasteiger partial charge on any atom is -0.332 e. The van der Waals surface area contributed by atoms with Crippen molar-refractivity contribution in [3.8, 4) is 0 Å². The summed E-state index contributed by atoms with van der Waals surface area (Å²) in [6.07, 6.45) is -0.118. The third-order valence-corrected chi connectivity index (χ3v) is 6.10. The maximum absolute atomic E-state index is 13.4. The first-order valence-electron chi connectivity index (χ1n) is 10.0. The molecule has 0 aromatic heterocycles. The van der Waals surface area contributed by atoms with Gasteiger partial charge in [-0.1, -0.05) is 35.3 Å². The molecule has 33 heavy (non-hydrogen) atoms. The summed E-state index contributed by atoms with van der Waals surface area (Å²) in [4.78, 5) is 29.3. The predicted molar refractivity (Wildman–Crippen MR) is 132 cm³/mol. The molecule has 0 radical (unpaired) electrons. The topological polar surface area (TPSA) is 52.7 Å². The van der Waals surface area contributed by atoms with Crippen LogP contribution in [0.3, 0.4) is 0 Å². The zero-order valence-corrected chi connectivity index (χ0v) is 19.5. The van der Waals surface area contributed by atoms with Gasteiger partial charge in [0.1, 0.15) is 11.9 Å². The highest BCUT2D eigenvalue weighted by atomic mass is 35.5. The second-order valence-electron chi connectivity index (χ2n) is 7.46. The van der Waals surface area contributed by atoms with Crippen molar-refractivity contribution in [2.75, 3.05) is 10.2 Å². The van der Waals surface area contributed by atoms with E-state index in [2.05, 4.69) is 5.32 Å². The van der Waals surface area contributed by atoms with Gasteiger partial charge in [0.15, 0.2) is 5.11 Å². The van der Waals surface area contributed by atoms with Crippen molar-refractivity contribution < 1.29 is 14.0 Å². The number of halogens is 3. The summed E-state index contributed by atoms with van der Waals surface area (Å²) < 4.78 is 13.4. The van der Waals surface area contributed by atoms with Gasteiger partial charge in [-0.15, -0.1) is 0 Å². The molecule has 3 aromatic carbocycles. The van der Waals surface area contributed by atoms with Crippen LogP contribution in [0.25, 0.3) is 0 Å². The molecule has 4 rings (SSSR count). The van der Waals surface area contributed by atoms with E-state index in [0.29, 0.717) is 21.4 Å². The van der Waals surface area contributed by atoms with Gasteiger partial charge in [0.2, 0.25) is 5.91 Å². The van der Waals surface area contributed by atoms with Crippen LogP contribution in [0, 0.1) is 5.82 Å². The Balaban J connectivity index is 1.59. The summed E-state index contributed by atoms with van der Waals surface area (Å²) in [5, 5.41) is 4.12. The van der Waals surface area contributed by atoms with Crippen molar-refractivity contribution in [3.05, 3.63) is 94.2 Å². The molecule has 3 aromatic rings. The smallest absolute Gasteiger partial charge is 0.256 e. The van der Waals surface area contributed by atoms with Crippen LogP contribution in [0.5, 0.6) is 0 Å². The first-order valence-corrected chi connectivity index (χ1v) is 11.2. The van der Waals surface area contributed by atoms with E-state index in [-0.39, 0.29) is 35.7 Å². The first-order chi connectivity index (χ1) is 15.8. The van der Waals surface area contributed by atoms with Crippen molar-refractivity contribution in [1.29, 1.82) is 0 Å². The van der Waals surface area contributed by atoms with Gasteiger partial charge in [0, 0.05) is 22.3 Å². The van der Waals surface area contributed by atoms with Crippen LogP contribution in [0.2, 0.25) is 10.0 Å². The molecule has 0 aliphatic carbocycles. The Morgan fingerprint density at radius 2 is 1.52 bits per heavy atom. The van der Waals surface area contributed by atoms with Crippen LogP contribution >= 0.6 is 35.4 Å². The van der Waals surface area contributed by atoms with Crippen molar-refractivity contribution in [1.82, 2.24) is 4.90 Å². The Bertz CT molecular complexity index is 1190. The Labute approximate surface area is 205 Å². The molecule has 0 spiro atoms. The summed E-state index contributed by atoms with van der Waals surface area (Å²) in [6, 6.07) is 18.5. The van der Waals surface area contributed by atoms with E-state index in [9.17, 15) is 14.0 Å².